The summed E-state index contributed by atoms with van der Waals surface area (Å²) in [6.07, 6.45) is 0. The Morgan fingerprint density at radius 2 is 1.90 bits per heavy atom. The van der Waals surface area contributed by atoms with Gasteiger partial charge in [0.15, 0.2) is 0 Å². The van der Waals surface area contributed by atoms with Gasteiger partial charge in [-0.15, -0.1) is 0 Å². The molecule has 3 rings (SSSR count). The summed E-state index contributed by atoms with van der Waals surface area (Å²) in [5.74, 6) is 1.37. The molecule has 0 amide bonds. The molecular formula is C17H19NO2. The van der Waals surface area contributed by atoms with Gasteiger partial charge in [-0.1, -0.05) is 37.3 Å². The van der Waals surface area contributed by atoms with Crippen molar-refractivity contribution < 1.29 is 9.84 Å². The molecule has 0 fully saturated rings. The van der Waals surface area contributed by atoms with Crippen LogP contribution in [0.2, 0.25) is 0 Å². The van der Waals surface area contributed by atoms with Crippen LogP contribution < -0.4 is 10.1 Å². The lowest BCUT2D eigenvalue weighted by molar-refractivity contribution is 0.214. The van der Waals surface area contributed by atoms with Crippen molar-refractivity contribution in [3.05, 3.63) is 59.7 Å². The zero-order chi connectivity index (χ0) is 13.9. The minimum absolute atomic E-state index is 0.0801. The fraction of sp³-hybridized carbons (Fsp3) is 0.294. The van der Waals surface area contributed by atoms with E-state index in [1.165, 1.54) is 5.56 Å². The summed E-state index contributed by atoms with van der Waals surface area (Å²) in [5.41, 5.74) is 3.20. The third-order valence-corrected chi connectivity index (χ3v) is 3.78. The molecule has 0 aliphatic carbocycles. The van der Waals surface area contributed by atoms with E-state index in [4.69, 9.17) is 9.84 Å². The van der Waals surface area contributed by atoms with Crippen LogP contribution >= 0.6 is 0 Å². The van der Waals surface area contributed by atoms with Crippen molar-refractivity contribution in [2.45, 2.75) is 19.6 Å². The second-order valence-electron chi connectivity index (χ2n) is 5.30. The maximum atomic E-state index is 9.09. The van der Waals surface area contributed by atoms with E-state index in [1.54, 1.807) is 0 Å². The van der Waals surface area contributed by atoms with Gasteiger partial charge < -0.3 is 15.2 Å². The number of hydrogen-bond acceptors (Lipinski definition) is 3. The number of aliphatic hydroxyl groups is 1. The summed E-state index contributed by atoms with van der Waals surface area (Å²) in [7, 11) is 0. The molecule has 1 aliphatic rings. The Morgan fingerprint density at radius 1 is 1.15 bits per heavy atom. The summed E-state index contributed by atoms with van der Waals surface area (Å²) in [6.45, 7) is 3.00. The molecule has 2 aromatic rings. The number of nitrogens with one attached hydrogen (secondary N) is 1. The highest BCUT2D eigenvalue weighted by Gasteiger charge is 2.27. The zero-order valence-corrected chi connectivity index (χ0v) is 11.5. The normalized spacial score (nSPS) is 20.9. The molecule has 0 radical (unpaired) electrons. The molecule has 2 unspecified atom stereocenters. The van der Waals surface area contributed by atoms with Gasteiger partial charge >= 0.3 is 0 Å². The molecule has 0 saturated heterocycles. The van der Waals surface area contributed by atoms with Gasteiger partial charge in [0.05, 0.1) is 19.3 Å². The van der Waals surface area contributed by atoms with E-state index in [0.29, 0.717) is 5.92 Å². The van der Waals surface area contributed by atoms with Crippen molar-refractivity contribution in [3.8, 4) is 5.75 Å². The van der Waals surface area contributed by atoms with Gasteiger partial charge in [-0.05, 0) is 23.8 Å². The van der Waals surface area contributed by atoms with Crippen LogP contribution in [0.25, 0.3) is 0 Å². The molecule has 0 saturated carbocycles. The highest BCUT2D eigenvalue weighted by molar-refractivity contribution is 5.49. The van der Waals surface area contributed by atoms with Crippen molar-refractivity contribution in [2.24, 2.45) is 5.92 Å². The van der Waals surface area contributed by atoms with Gasteiger partial charge in [0, 0.05) is 17.2 Å². The van der Waals surface area contributed by atoms with E-state index >= 15 is 0 Å². The van der Waals surface area contributed by atoms with Crippen LogP contribution in [0.5, 0.6) is 5.75 Å². The number of rotatable bonds is 3. The second kappa shape index (κ2) is 5.55. The van der Waals surface area contributed by atoms with Crippen LogP contribution in [0.15, 0.2) is 48.5 Å². The first-order valence-electron chi connectivity index (χ1n) is 6.96. The zero-order valence-electron chi connectivity index (χ0n) is 11.5. The predicted octanol–water partition coefficient (Wildman–Crippen LogP) is 3.36. The first kappa shape index (κ1) is 13.0. The van der Waals surface area contributed by atoms with Crippen LogP contribution in [-0.4, -0.2) is 11.7 Å². The Balaban J connectivity index is 1.85. The van der Waals surface area contributed by atoms with Crippen molar-refractivity contribution >= 4 is 5.69 Å². The number of hydrogen-bond donors (Lipinski definition) is 2. The Bertz CT molecular complexity index is 580. The molecule has 104 valence electrons. The number of benzene rings is 2. The monoisotopic (exact) mass is 269 g/mol. The van der Waals surface area contributed by atoms with Gasteiger partial charge in [0.2, 0.25) is 0 Å². The summed E-state index contributed by atoms with van der Waals surface area (Å²) in [6, 6.07) is 16.3. The van der Waals surface area contributed by atoms with Crippen LogP contribution in [0.4, 0.5) is 5.69 Å². The first-order valence-corrected chi connectivity index (χ1v) is 6.96. The summed E-state index contributed by atoms with van der Waals surface area (Å²) in [5, 5.41) is 12.7. The number of anilines is 1. The fourth-order valence-electron chi connectivity index (χ4n) is 2.60. The minimum Gasteiger partial charge on any atom is -0.493 e. The van der Waals surface area contributed by atoms with Gasteiger partial charge in [-0.25, -0.2) is 0 Å². The SMILES string of the molecule is CC1COc2ccccc2C1Nc1ccc(CO)cc1. The fourth-order valence-corrected chi connectivity index (χ4v) is 2.60. The van der Waals surface area contributed by atoms with Gasteiger partial charge in [-0.3, -0.25) is 0 Å². The Morgan fingerprint density at radius 3 is 2.65 bits per heavy atom. The largest absolute Gasteiger partial charge is 0.493 e. The van der Waals surface area contributed by atoms with Crippen molar-refractivity contribution in [1.82, 2.24) is 0 Å². The summed E-state index contributed by atoms with van der Waals surface area (Å²) >= 11 is 0. The number of ether oxygens (including phenoxy) is 1. The van der Waals surface area contributed by atoms with E-state index in [0.717, 1.165) is 23.6 Å². The molecule has 0 bridgehead atoms. The highest BCUT2D eigenvalue weighted by atomic mass is 16.5. The molecule has 20 heavy (non-hydrogen) atoms. The average molecular weight is 269 g/mol. The lowest BCUT2D eigenvalue weighted by atomic mass is 9.92. The molecule has 3 nitrogen and oxygen atoms in total. The number of para-hydroxylation sites is 1. The lowest BCUT2D eigenvalue weighted by Crippen LogP contribution is -2.28. The van der Waals surface area contributed by atoms with Crippen LogP contribution in [-0.2, 0) is 6.61 Å². The van der Waals surface area contributed by atoms with Gasteiger partial charge in [0.25, 0.3) is 0 Å². The lowest BCUT2D eigenvalue weighted by Gasteiger charge is -2.32. The minimum atomic E-state index is 0.0801. The molecular weight excluding hydrogens is 250 g/mol. The summed E-state index contributed by atoms with van der Waals surface area (Å²) in [4.78, 5) is 0. The van der Waals surface area contributed by atoms with Crippen molar-refractivity contribution in [2.75, 3.05) is 11.9 Å². The topological polar surface area (TPSA) is 41.5 Å². The van der Waals surface area contributed by atoms with E-state index < -0.39 is 0 Å². The van der Waals surface area contributed by atoms with Crippen molar-refractivity contribution in [3.63, 3.8) is 0 Å². The van der Waals surface area contributed by atoms with E-state index in [-0.39, 0.29) is 12.6 Å². The van der Waals surface area contributed by atoms with E-state index in [2.05, 4.69) is 18.3 Å². The second-order valence-corrected chi connectivity index (χ2v) is 5.30. The Kier molecular flexibility index (Phi) is 3.61. The standard InChI is InChI=1S/C17H19NO2/c1-12-11-20-16-5-3-2-4-15(16)17(12)18-14-8-6-13(10-19)7-9-14/h2-9,12,17-19H,10-11H2,1H3. The van der Waals surface area contributed by atoms with Crippen LogP contribution in [0.3, 0.4) is 0 Å². The average Bonchev–Trinajstić information content (AvgIpc) is 2.51. The van der Waals surface area contributed by atoms with E-state index in [9.17, 15) is 0 Å². The Hall–Kier alpha value is -2.00. The highest BCUT2D eigenvalue weighted by Crippen LogP contribution is 2.37. The third kappa shape index (κ3) is 2.49. The maximum absolute atomic E-state index is 9.09. The molecule has 2 aromatic carbocycles. The number of aliphatic hydroxyl groups excluding tert-OH is 1. The first-order chi connectivity index (χ1) is 9.78. The van der Waals surface area contributed by atoms with Gasteiger partial charge in [-0.2, -0.15) is 0 Å². The molecule has 0 spiro atoms. The molecule has 2 atom stereocenters. The van der Waals surface area contributed by atoms with Crippen LogP contribution in [0, 0.1) is 5.92 Å². The molecule has 0 aromatic heterocycles. The quantitative estimate of drug-likeness (QED) is 0.897. The molecule has 2 N–H and O–H groups in total. The summed E-state index contributed by atoms with van der Waals surface area (Å²) < 4.78 is 5.77. The van der Waals surface area contributed by atoms with Gasteiger partial charge in [0.1, 0.15) is 5.75 Å². The molecule has 3 heteroatoms. The molecule has 1 aliphatic heterocycles. The maximum Gasteiger partial charge on any atom is 0.124 e. The predicted molar refractivity (Wildman–Crippen MR) is 79.8 cm³/mol. The smallest absolute Gasteiger partial charge is 0.124 e. The Labute approximate surface area is 119 Å². The van der Waals surface area contributed by atoms with Crippen molar-refractivity contribution in [1.29, 1.82) is 0 Å². The molecule has 1 heterocycles. The number of fused-ring (bicyclic) bond motifs is 1. The van der Waals surface area contributed by atoms with Crippen LogP contribution in [0.1, 0.15) is 24.1 Å². The third-order valence-electron chi connectivity index (χ3n) is 3.78. The van der Waals surface area contributed by atoms with E-state index in [1.807, 2.05) is 42.5 Å².